The van der Waals surface area contributed by atoms with E-state index in [1.165, 1.54) is 0 Å². The fourth-order valence-electron chi connectivity index (χ4n) is 3.73. The summed E-state index contributed by atoms with van der Waals surface area (Å²) in [5.41, 5.74) is 3.30. The SMILES string of the molecule is OCC1(CO)CCCC(CSc2nc(-c3ccccc3)c(-c3ccccc3)[nH]2)O1. The summed E-state index contributed by atoms with van der Waals surface area (Å²) in [6.45, 7) is -0.302. The summed E-state index contributed by atoms with van der Waals surface area (Å²) in [6.07, 6.45) is 2.54. The van der Waals surface area contributed by atoms with Crippen molar-refractivity contribution in [2.75, 3.05) is 19.0 Å². The summed E-state index contributed by atoms with van der Waals surface area (Å²) in [5, 5.41) is 20.1. The van der Waals surface area contributed by atoms with Crippen molar-refractivity contribution in [1.29, 1.82) is 0 Å². The van der Waals surface area contributed by atoms with E-state index in [0.717, 1.165) is 46.3 Å². The molecule has 1 atom stereocenters. The number of aromatic amines is 1. The van der Waals surface area contributed by atoms with Crippen molar-refractivity contribution in [3.8, 4) is 22.5 Å². The molecule has 6 heteroatoms. The van der Waals surface area contributed by atoms with E-state index < -0.39 is 5.60 Å². The van der Waals surface area contributed by atoms with Crippen molar-refractivity contribution in [2.24, 2.45) is 0 Å². The minimum absolute atomic E-state index is 0.0153. The second-order valence-corrected chi connectivity index (χ2v) is 8.45. The summed E-state index contributed by atoms with van der Waals surface area (Å²) in [6, 6.07) is 20.4. The molecule has 29 heavy (non-hydrogen) atoms. The average molecular weight is 411 g/mol. The Labute approximate surface area is 175 Å². The highest BCUT2D eigenvalue weighted by Crippen LogP contribution is 2.35. The number of aliphatic hydroxyl groups is 2. The number of thioether (sulfide) groups is 1. The van der Waals surface area contributed by atoms with Gasteiger partial charge >= 0.3 is 0 Å². The Bertz CT molecular complexity index is 853. The minimum atomic E-state index is -0.808. The maximum Gasteiger partial charge on any atom is 0.166 e. The zero-order chi connectivity index (χ0) is 20.1. The van der Waals surface area contributed by atoms with Gasteiger partial charge in [-0.3, -0.25) is 0 Å². The zero-order valence-electron chi connectivity index (χ0n) is 16.3. The lowest BCUT2D eigenvalue weighted by Crippen LogP contribution is -2.47. The molecule has 0 bridgehead atoms. The van der Waals surface area contributed by atoms with Crippen LogP contribution in [0.15, 0.2) is 65.8 Å². The van der Waals surface area contributed by atoms with E-state index >= 15 is 0 Å². The van der Waals surface area contributed by atoms with Gasteiger partial charge in [-0.25, -0.2) is 4.98 Å². The van der Waals surface area contributed by atoms with E-state index in [-0.39, 0.29) is 19.3 Å². The van der Waals surface area contributed by atoms with Crippen molar-refractivity contribution in [3.63, 3.8) is 0 Å². The second-order valence-electron chi connectivity index (χ2n) is 7.44. The van der Waals surface area contributed by atoms with E-state index in [4.69, 9.17) is 9.72 Å². The third-order valence-corrected chi connectivity index (χ3v) is 6.35. The molecule has 0 radical (unpaired) electrons. The first-order valence-electron chi connectivity index (χ1n) is 9.96. The molecule has 1 unspecified atom stereocenters. The Balaban J connectivity index is 1.55. The molecular weight excluding hydrogens is 384 g/mol. The van der Waals surface area contributed by atoms with E-state index in [2.05, 4.69) is 29.2 Å². The van der Waals surface area contributed by atoms with E-state index in [9.17, 15) is 10.2 Å². The fourth-order valence-corrected chi connectivity index (χ4v) is 4.64. The van der Waals surface area contributed by atoms with Gasteiger partial charge in [0.2, 0.25) is 0 Å². The van der Waals surface area contributed by atoms with Crippen LogP contribution in [0.1, 0.15) is 19.3 Å². The number of hydrogen-bond acceptors (Lipinski definition) is 5. The number of nitrogens with one attached hydrogen (secondary N) is 1. The van der Waals surface area contributed by atoms with Crippen LogP contribution >= 0.6 is 11.8 Å². The fraction of sp³-hybridized carbons (Fsp3) is 0.348. The molecule has 0 amide bonds. The van der Waals surface area contributed by atoms with Gasteiger partial charge in [0.25, 0.3) is 0 Å². The van der Waals surface area contributed by atoms with Gasteiger partial charge in [-0.2, -0.15) is 0 Å². The van der Waals surface area contributed by atoms with Gasteiger partial charge in [0.15, 0.2) is 5.16 Å². The molecule has 4 rings (SSSR count). The molecule has 1 aliphatic heterocycles. The first-order valence-corrected chi connectivity index (χ1v) is 10.9. The molecule has 2 heterocycles. The van der Waals surface area contributed by atoms with Crippen LogP contribution in [0.25, 0.3) is 22.5 Å². The van der Waals surface area contributed by atoms with Crippen molar-refractivity contribution >= 4 is 11.8 Å². The van der Waals surface area contributed by atoms with Crippen molar-refractivity contribution in [1.82, 2.24) is 9.97 Å². The van der Waals surface area contributed by atoms with Crippen LogP contribution in [0.4, 0.5) is 0 Å². The summed E-state index contributed by atoms with van der Waals surface area (Å²) in [4.78, 5) is 8.35. The Morgan fingerprint density at radius 1 is 1.00 bits per heavy atom. The van der Waals surface area contributed by atoms with Crippen LogP contribution in [0.2, 0.25) is 0 Å². The molecule has 1 fully saturated rings. The highest BCUT2D eigenvalue weighted by Gasteiger charge is 2.36. The Kier molecular flexibility index (Phi) is 6.35. The van der Waals surface area contributed by atoms with Crippen LogP contribution < -0.4 is 0 Å². The van der Waals surface area contributed by atoms with Crippen LogP contribution in [0.3, 0.4) is 0 Å². The quantitative estimate of drug-likeness (QED) is 0.511. The number of imidazole rings is 1. The van der Waals surface area contributed by atoms with Crippen molar-refractivity contribution in [3.05, 3.63) is 60.7 Å². The molecule has 0 spiro atoms. The van der Waals surface area contributed by atoms with Crippen LogP contribution in [0.5, 0.6) is 0 Å². The van der Waals surface area contributed by atoms with Crippen LogP contribution in [-0.4, -0.2) is 50.9 Å². The van der Waals surface area contributed by atoms with Crippen LogP contribution in [-0.2, 0) is 4.74 Å². The van der Waals surface area contributed by atoms with Crippen molar-refractivity contribution < 1.29 is 14.9 Å². The topological polar surface area (TPSA) is 78.4 Å². The molecule has 3 aromatic rings. The van der Waals surface area contributed by atoms with Crippen LogP contribution in [0, 0.1) is 0 Å². The normalized spacial score (nSPS) is 18.6. The Morgan fingerprint density at radius 3 is 2.31 bits per heavy atom. The number of benzene rings is 2. The molecular formula is C23H26N2O3S. The van der Waals surface area contributed by atoms with Gasteiger partial charge in [0, 0.05) is 16.9 Å². The molecule has 1 saturated heterocycles. The molecule has 0 aliphatic carbocycles. The van der Waals surface area contributed by atoms with Gasteiger partial charge in [-0.1, -0.05) is 72.4 Å². The monoisotopic (exact) mass is 410 g/mol. The zero-order valence-corrected chi connectivity index (χ0v) is 17.1. The first-order chi connectivity index (χ1) is 14.2. The molecule has 1 aliphatic rings. The van der Waals surface area contributed by atoms with Gasteiger partial charge in [0.1, 0.15) is 5.60 Å². The largest absolute Gasteiger partial charge is 0.393 e. The lowest BCUT2D eigenvalue weighted by atomic mass is 9.93. The predicted octanol–water partition coefficient (Wildman–Crippen LogP) is 4.13. The number of ether oxygens (including phenoxy) is 1. The maximum atomic E-state index is 9.63. The molecule has 2 aromatic carbocycles. The number of aliphatic hydroxyl groups excluding tert-OH is 2. The lowest BCUT2D eigenvalue weighted by Gasteiger charge is -2.38. The summed E-state index contributed by atoms with van der Waals surface area (Å²) in [5.74, 6) is 0.720. The predicted molar refractivity (Wildman–Crippen MR) is 116 cm³/mol. The molecule has 3 N–H and O–H groups in total. The average Bonchev–Trinajstić information content (AvgIpc) is 3.23. The number of rotatable bonds is 7. The lowest BCUT2D eigenvalue weighted by molar-refractivity contribution is -0.162. The smallest absolute Gasteiger partial charge is 0.166 e. The van der Waals surface area contributed by atoms with Gasteiger partial charge in [0.05, 0.1) is 30.7 Å². The van der Waals surface area contributed by atoms with E-state index in [1.807, 2.05) is 36.4 Å². The van der Waals surface area contributed by atoms with Crippen molar-refractivity contribution in [2.45, 2.75) is 36.1 Å². The molecule has 152 valence electrons. The third-order valence-electron chi connectivity index (χ3n) is 5.35. The van der Waals surface area contributed by atoms with E-state index in [1.54, 1.807) is 11.8 Å². The summed E-state index contributed by atoms with van der Waals surface area (Å²) >= 11 is 1.62. The molecule has 1 aromatic heterocycles. The Hall–Kier alpha value is -2.12. The molecule has 5 nitrogen and oxygen atoms in total. The number of aromatic nitrogens is 2. The highest BCUT2D eigenvalue weighted by molar-refractivity contribution is 7.99. The number of nitrogens with zero attached hydrogens (tertiary/aromatic N) is 1. The molecule has 0 saturated carbocycles. The highest BCUT2D eigenvalue weighted by atomic mass is 32.2. The maximum absolute atomic E-state index is 9.63. The minimum Gasteiger partial charge on any atom is -0.393 e. The number of H-pyrrole nitrogens is 1. The Morgan fingerprint density at radius 2 is 1.66 bits per heavy atom. The summed E-state index contributed by atoms with van der Waals surface area (Å²) in [7, 11) is 0. The second kappa shape index (κ2) is 9.13. The van der Waals surface area contributed by atoms with Gasteiger partial charge in [-0.05, 0) is 19.3 Å². The van der Waals surface area contributed by atoms with Gasteiger partial charge < -0.3 is 19.9 Å². The van der Waals surface area contributed by atoms with Gasteiger partial charge in [-0.15, -0.1) is 0 Å². The standard InChI is InChI=1S/C23H26N2O3S/c26-15-23(16-27)13-7-12-19(28-23)14-29-22-24-20(17-8-3-1-4-9-17)21(25-22)18-10-5-2-6-11-18/h1-6,8-11,19,26-27H,7,12-16H2,(H,24,25). The summed E-state index contributed by atoms with van der Waals surface area (Å²) < 4.78 is 6.04. The third kappa shape index (κ3) is 4.56. The number of hydrogen-bond donors (Lipinski definition) is 3. The first kappa shape index (κ1) is 20.2. The van der Waals surface area contributed by atoms with E-state index in [0.29, 0.717) is 6.42 Å².